The second-order valence-corrected chi connectivity index (χ2v) is 6.25. The molecule has 0 heterocycles. The Bertz CT molecular complexity index is 583. The zero-order chi connectivity index (χ0) is 15.6. The highest BCUT2D eigenvalue weighted by Crippen LogP contribution is 2.26. The summed E-state index contributed by atoms with van der Waals surface area (Å²) in [4.78, 5) is 13.4. The highest BCUT2D eigenvalue weighted by Gasteiger charge is 2.10. The number of thioether (sulfide) groups is 1. The SMILES string of the molecule is CCCCCNC(=O)c1ccccc1SCc1ccccc1. The molecule has 0 radical (unpaired) electrons. The molecule has 0 aromatic heterocycles. The minimum absolute atomic E-state index is 0.0345. The molecule has 0 fully saturated rings. The van der Waals surface area contributed by atoms with Gasteiger partial charge in [-0.1, -0.05) is 62.2 Å². The molecule has 0 saturated carbocycles. The first kappa shape index (κ1) is 16.6. The first-order chi connectivity index (χ1) is 10.8. The van der Waals surface area contributed by atoms with Crippen molar-refractivity contribution in [1.82, 2.24) is 5.32 Å². The molecule has 1 amide bonds. The summed E-state index contributed by atoms with van der Waals surface area (Å²) >= 11 is 1.71. The van der Waals surface area contributed by atoms with Crippen molar-refractivity contribution in [3.05, 3.63) is 65.7 Å². The standard InChI is InChI=1S/C19H23NOS/c1-2-3-9-14-20-19(21)17-12-7-8-13-18(17)22-15-16-10-5-4-6-11-16/h4-8,10-13H,2-3,9,14-15H2,1H3,(H,20,21). The van der Waals surface area contributed by atoms with E-state index in [1.807, 2.05) is 42.5 Å². The minimum atomic E-state index is 0.0345. The van der Waals surface area contributed by atoms with Gasteiger partial charge in [-0.3, -0.25) is 4.79 Å². The summed E-state index contributed by atoms with van der Waals surface area (Å²) in [6, 6.07) is 18.2. The maximum absolute atomic E-state index is 12.3. The average molecular weight is 313 g/mol. The molecule has 0 aliphatic heterocycles. The number of hydrogen-bond donors (Lipinski definition) is 1. The van der Waals surface area contributed by atoms with E-state index in [1.54, 1.807) is 11.8 Å². The largest absolute Gasteiger partial charge is 0.352 e. The fraction of sp³-hybridized carbons (Fsp3) is 0.316. The van der Waals surface area contributed by atoms with Crippen LogP contribution in [0.5, 0.6) is 0 Å². The van der Waals surface area contributed by atoms with E-state index in [0.29, 0.717) is 0 Å². The van der Waals surface area contributed by atoms with Crippen molar-refractivity contribution in [2.75, 3.05) is 6.54 Å². The van der Waals surface area contributed by atoms with Gasteiger partial charge in [-0.25, -0.2) is 0 Å². The number of hydrogen-bond acceptors (Lipinski definition) is 2. The van der Waals surface area contributed by atoms with Crippen LogP contribution < -0.4 is 5.32 Å². The van der Waals surface area contributed by atoms with Gasteiger partial charge in [0.15, 0.2) is 0 Å². The molecule has 0 spiro atoms. The Labute approximate surface area is 137 Å². The lowest BCUT2D eigenvalue weighted by Crippen LogP contribution is -2.24. The summed E-state index contributed by atoms with van der Waals surface area (Å²) in [6.07, 6.45) is 3.37. The molecule has 2 aromatic rings. The van der Waals surface area contributed by atoms with Crippen LogP contribution in [-0.4, -0.2) is 12.5 Å². The van der Waals surface area contributed by atoms with Crippen LogP contribution in [-0.2, 0) is 5.75 Å². The molecule has 2 aromatic carbocycles. The third-order valence-electron chi connectivity index (χ3n) is 3.43. The number of unbranched alkanes of at least 4 members (excludes halogenated alkanes) is 2. The van der Waals surface area contributed by atoms with Gasteiger partial charge in [0.1, 0.15) is 0 Å². The Morgan fingerprint density at radius 1 is 1.00 bits per heavy atom. The van der Waals surface area contributed by atoms with Crippen molar-refractivity contribution in [2.24, 2.45) is 0 Å². The summed E-state index contributed by atoms with van der Waals surface area (Å²) in [5.74, 6) is 0.910. The molecule has 116 valence electrons. The third kappa shape index (κ3) is 5.23. The first-order valence-electron chi connectivity index (χ1n) is 7.85. The first-order valence-corrected chi connectivity index (χ1v) is 8.83. The van der Waals surface area contributed by atoms with Gasteiger partial charge in [0.05, 0.1) is 5.56 Å². The van der Waals surface area contributed by atoms with Crippen LogP contribution in [0.3, 0.4) is 0 Å². The predicted octanol–water partition coefficient (Wildman–Crippen LogP) is 4.90. The van der Waals surface area contributed by atoms with E-state index in [2.05, 4.69) is 24.4 Å². The van der Waals surface area contributed by atoms with Crippen LogP contribution in [0.15, 0.2) is 59.5 Å². The smallest absolute Gasteiger partial charge is 0.252 e. The molecule has 22 heavy (non-hydrogen) atoms. The molecular formula is C19H23NOS. The van der Waals surface area contributed by atoms with Crippen molar-refractivity contribution in [2.45, 2.75) is 36.8 Å². The topological polar surface area (TPSA) is 29.1 Å². The Balaban J connectivity index is 1.95. The second kappa shape index (κ2) is 9.31. The molecule has 2 nitrogen and oxygen atoms in total. The number of benzene rings is 2. The quantitative estimate of drug-likeness (QED) is 0.555. The van der Waals surface area contributed by atoms with E-state index in [0.717, 1.165) is 35.6 Å². The Morgan fingerprint density at radius 2 is 1.73 bits per heavy atom. The van der Waals surface area contributed by atoms with E-state index in [9.17, 15) is 4.79 Å². The van der Waals surface area contributed by atoms with Crippen LogP contribution in [0.4, 0.5) is 0 Å². The van der Waals surface area contributed by atoms with E-state index in [1.165, 1.54) is 12.0 Å². The van der Waals surface area contributed by atoms with Crippen molar-refractivity contribution in [1.29, 1.82) is 0 Å². The van der Waals surface area contributed by atoms with Crippen LogP contribution in [0, 0.1) is 0 Å². The van der Waals surface area contributed by atoms with Crippen molar-refractivity contribution >= 4 is 17.7 Å². The monoisotopic (exact) mass is 313 g/mol. The Kier molecular flexibility index (Phi) is 7.04. The number of amides is 1. The van der Waals surface area contributed by atoms with E-state index in [-0.39, 0.29) is 5.91 Å². The molecular weight excluding hydrogens is 290 g/mol. The number of carbonyl (C=O) groups is 1. The van der Waals surface area contributed by atoms with E-state index in [4.69, 9.17) is 0 Å². The lowest BCUT2D eigenvalue weighted by atomic mass is 10.2. The molecule has 0 aliphatic carbocycles. The summed E-state index contributed by atoms with van der Waals surface area (Å²) < 4.78 is 0. The van der Waals surface area contributed by atoms with Gasteiger partial charge >= 0.3 is 0 Å². The van der Waals surface area contributed by atoms with Gasteiger partial charge in [0.25, 0.3) is 5.91 Å². The van der Waals surface area contributed by atoms with Crippen LogP contribution >= 0.6 is 11.8 Å². The molecule has 0 saturated heterocycles. The minimum Gasteiger partial charge on any atom is -0.352 e. The summed E-state index contributed by atoms with van der Waals surface area (Å²) in [7, 11) is 0. The number of rotatable bonds is 8. The molecule has 0 unspecified atom stereocenters. The lowest BCUT2D eigenvalue weighted by molar-refractivity contribution is 0.0950. The van der Waals surface area contributed by atoms with Gasteiger partial charge in [0.2, 0.25) is 0 Å². The van der Waals surface area contributed by atoms with E-state index >= 15 is 0 Å². The second-order valence-electron chi connectivity index (χ2n) is 5.23. The van der Waals surface area contributed by atoms with Crippen LogP contribution in [0.2, 0.25) is 0 Å². The molecule has 0 aliphatic rings. The van der Waals surface area contributed by atoms with Gasteiger partial charge in [-0.2, -0.15) is 0 Å². The normalized spacial score (nSPS) is 10.4. The maximum atomic E-state index is 12.3. The van der Waals surface area contributed by atoms with Gasteiger partial charge in [0, 0.05) is 17.2 Å². The zero-order valence-corrected chi connectivity index (χ0v) is 13.9. The van der Waals surface area contributed by atoms with Crippen LogP contribution in [0.25, 0.3) is 0 Å². The van der Waals surface area contributed by atoms with Gasteiger partial charge in [-0.05, 0) is 24.1 Å². The lowest BCUT2D eigenvalue weighted by Gasteiger charge is -2.10. The fourth-order valence-corrected chi connectivity index (χ4v) is 3.19. The Hall–Kier alpha value is -1.74. The van der Waals surface area contributed by atoms with E-state index < -0.39 is 0 Å². The predicted molar refractivity (Wildman–Crippen MR) is 94.3 cm³/mol. The fourth-order valence-electron chi connectivity index (χ4n) is 2.19. The van der Waals surface area contributed by atoms with Crippen LogP contribution in [0.1, 0.15) is 42.1 Å². The zero-order valence-electron chi connectivity index (χ0n) is 13.0. The number of carbonyl (C=O) groups excluding carboxylic acids is 1. The molecule has 3 heteroatoms. The highest BCUT2D eigenvalue weighted by molar-refractivity contribution is 7.98. The van der Waals surface area contributed by atoms with Crippen molar-refractivity contribution in [3.8, 4) is 0 Å². The van der Waals surface area contributed by atoms with Gasteiger partial charge < -0.3 is 5.32 Å². The van der Waals surface area contributed by atoms with Crippen molar-refractivity contribution in [3.63, 3.8) is 0 Å². The number of nitrogens with one attached hydrogen (secondary N) is 1. The highest BCUT2D eigenvalue weighted by atomic mass is 32.2. The molecule has 2 rings (SSSR count). The average Bonchev–Trinajstić information content (AvgIpc) is 2.58. The summed E-state index contributed by atoms with van der Waals surface area (Å²) in [5, 5.41) is 3.02. The summed E-state index contributed by atoms with van der Waals surface area (Å²) in [6.45, 7) is 2.92. The summed E-state index contributed by atoms with van der Waals surface area (Å²) in [5.41, 5.74) is 2.05. The molecule has 1 N–H and O–H groups in total. The van der Waals surface area contributed by atoms with Gasteiger partial charge in [-0.15, -0.1) is 11.8 Å². The Morgan fingerprint density at radius 3 is 2.50 bits per heavy atom. The molecule has 0 bridgehead atoms. The third-order valence-corrected chi connectivity index (χ3v) is 4.58. The molecule has 0 atom stereocenters. The maximum Gasteiger partial charge on any atom is 0.252 e. The van der Waals surface area contributed by atoms with Crippen molar-refractivity contribution < 1.29 is 4.79 Å².